The maximum absolute atomic E-state index is 13.9. The van der Waals surface area contributed by atoms with Crippen molar-refractivity contribution in [2.24, 2.45) is 0 Å². The Morgan fingerprint density at radius 1 is 1.22 bits per heavy atom. The highest BCUT2D eigenvalue weighted by atomic mass is 19.1. The summed E-state index contributed by atoms with van der Waals surface area (Å²) in [5, 5.41) is 3.97. The van der Waals surface area contributed by atoms with Crippen LogP contribution in [0.25, 0.3) is 10.9 Å². The number of benzene rings is 1. The van der Waals surface area contributed by atoms with Crippen LogP contribution in [0.2, 0.25) is 0 Å². The second-order valence-corrected chi connectivity index (χ2v) is 6.71. The Bertz CT molecular complexity index is 728. The van der Waals surface area contributed by atoms with E-state index in [-0.39, 0.29) is 17.2 Å². The van der Waals surface area contributed by atoms with Crippen molar-refractivity contribution in [3.8, 4) is 0 Å². The van der Waals surface area contributed by atoms with Crippen LogP contribution in [0.1, 0.15) is 38.5 Å². The summed E-state index contributed by atoms with van der Waals surface area (Å²) < 4.78 is 33.5. The first-order valence-corrected chi connectivity index (χ1v) is 8.30. The summed E-state index contributed by atoms with van der Waals surface area (Å²) in [7, 11) is 0. The van der Waals surface area contributed by atoms with E-state index in [4.69, 9.17) is 4.74 Å². The summed E-state index contributed by atoms with van der Waals surface area (Å²) in [6, 6.07) is 4.27. The number of pyridine rings is 1. The van der Waals surface area contributed by atoms with Gasteiger partial charge in [0.15, 0.2) is 5.82 Å². The van der Waals surface area contributed by atoms with E-state index in [1.54, 1.807) is 12.3 Å². The average Bonchev–Trinajstić information content (AvgIpc) is 2.96. The Hall–Kier alpha value is -1.75. The van der Waals surface area contributed by atoms with Crippen LogP contribution in [0.4, 0.5) is 14.5 Å². The molecule has 0 bridgehead atoms. The van der Waals surface area contributed by atoms with Gasteiger partial charge in [-0.2, -0.15) is 0 Å². The van der Waals surface area contributed by atoms with Gasteiger partial charge in [0.1, 0.15) is 11.3 Å². The Balaban J connectivity index is 1.62. The quantitative estimate of drug-likeness (QED) is 0.890. The highest BCUT2D eigenvalue weighted by molar-refractivity contribution is 5.91. The molecule has 23 heavy (non-hydrogen) atoms. The molecule has 1 aromatic heterocycles. The molecule has 1 aliphatic heterocycles. The highest BCUT2D eigenvalue weighted by Crippen LogP contribution is 2.41. The van der Waals surface area contributed by atoms with Crippen molar-refractivity contribution in [3.05, 3.63) is 36.0 Å². The monoisotopic (exact) mass is 318 g/mol. The molecular formula is C18H20F2N2O. The largest absolute Gasteiger partial charge is 0.382 e. The fourth-order valence-corrected chi connectivity index (χ4v) is 4.04. The molecule has 3 nitrogen and oxygen atoms in total. The van der Waals surface area contributed by atoms with Crippen LogP contribution in [0, 0.1) is 11.6 Å². The second-order valence-electron chi connectivity index (χ2n) is 6.71. The van der Waals surface area contributed by atoms with Crippen molar-refractivity contribution in [1.82, 2.24) is 4.98 Å². The predicted octanol–water partition coefficient (Wildman–Crippen LogP) is 4.42. The van der Waals surface area contributed by atoms with Crippen molar-refractivity contribution in [2.75, 3.05) is 11.9 Å². The first-order chi connectivity index (χ1) is 11.2. The molecule has 1 spiro atoms. The van der Waals surface area contributed by atoms with Crippen LogP contribution in [-0.4, -0.2) is 23.2 Å². The van der Waals surface area contributed by atoms with Gasteiger partial charge in [-0.25, -0.2) is 8.78 Å². The van der Waals surface area contributed by atoms with E-state index in [0.29, 0.717) is 5.39 Å². The van der Waals surface area contributed by atoms with Crippen LogP contribution in [-0.2, 0) is 4.74 Å². The Kier molecular flexibility index (Phi) is 3.68. The third kappa shape index (κ3) is 2.78. The zero-order valence-electron chi connectivity index (χ0n) is 12.9. The number of fused-ring (bicyclic) bond motifs is 1. The van der Waals surface area contributed by atoms with Crippen molar-refractivity contribution >= 4 is 16.6 Å². The van der Waals surface area contributed by atoms with Crippen LogP contribution in [0.3, 0.4) is 0 Å². The van der Waals surface area contributed by atoms with Crippen LogP contribution in [0.5, 0.6) is 0 Å². The minimum atomic E-state index is -0.622. The Morgan fingerprint density at radius 3 is 2.87 bits per heavy atom. The summed E-state index contributed by atoms with van der Waals surface area (Å²) in [6.07, 6.45) is 8.11. The van der Waals surface area contributed by atoms with Crippen molar-refractivity contribution in [2.45, 2.75) is 50.2 Å². The number of hydrogen-bond acceptors (Lipinski definition) is 3. The molecule has 1 saturated heterocycles. The molecule has 2 aliphatic rings. The zero-order valence-corrected chi connectivity index (χ0v) is 12.9. The summed E-state index contributed by atoms with van der Waals surface area (Å²) in [5.41, 5.74) is 0.961. The molecule has 122 valence electrons. The Morgan fingerprint density at radius 2 is 2.04 bits per heavy atom. The topological polar surface area (TPSA) is 34.2 Å². The summed E-state index contributed by atoms with van der Waals surface area (Å²) in [5.74, 6) is -1.20. The standard InChI is InChI=1S/C18H20F2N2O/c19-12-9-14-16(3-7-21-17(14)15(20)10-12)22-13-4-8-23-18(11-13)5-1-2-6-18/h3,7,9-10,13H,1-2,4-6,8,11H2,(H,21,22). The van der Waals surface area contributed by atoms with Gasteiger partial charge in [-0.1, -0.05) is 12.8 Å². The molecule has 2 aromatic rings. The first-order valence-electron chi connectivity index (χ1n) is 8.30. The number of hydrogen-bond donors (Lipinski definition) is 1. The lowest BCUT2D eigenvalue weighted by molar-refractivity contribution is -0.0766. The van der Waals surface area contributed by atoms with Gasteiger partial charge in [-0.3, -0.25) is 4.98 Å². The smallest absolute Gasteiger partial charge is 0.152 e. The number of anilines is 1. The zero-order chi connectivity index (χ0) is 15.9. The minimum Gasteiger partial charge on any atom is -0.382 e. The van der Waals surface area contributed by atoms with E-state index in [1.165, 1.54) is 18.9 Å². The average molecular weight is 318 g/mol. The lowest BCUT2D eigenvalue weighted by Gasteiger charge is -2.39. The molecule has 1 atom stereocenters. The molecule has 1 saturated carbocycles. The number of halogens is 2. The molecule has 1 unspecified atom stereocenters. The number of ether oxygens (including phenoxy) is 1. The SMILES string of the molecule is Fc1cc(F)c2nccc(NC3CCOC4(CCCC4)C3)c2c1. The van der Waals surface area contributed by atoms with E-state index >= 15 is 0 Å². The number of nitrogens with one attached hydrogen (secondary N) is 1. The molecule has 2 fully saturated rings. The minimum absolute atomic E-state index is 0.00918. The van der Waals surface area contributed by atoms with Gasteiger partial charge in [0.25, 0.3) is 0 Å². The van der Waals surface area contributed by atoms with E-state index in [9.17, 15) is 8.78 Å². The van der Waals surface area contributed by atoms with Gasteiger partial charge >= 0.3 is 0 Å². The second kappa shape index (κ2) is 5.71. The molecule has 0 radical (unpaired) electrons. The molecule has 1 aromatic carbocycles. The molecule has 4 rings (SSSR count). The molecule has 1 aliphatic carbocycles. The van der Waals surface area contributed by atoms with Crippen molar-refractivity contribution in [1.29, 1.82) is 0 Å². The lowest BCUT2D eigenvalue weighted by Crippen LogP contribution is -2.42. The van der Waals surface area contributed by atoms with E-state index in [0.717, 1.165) is 44.0 Å². The highest BCUT2D eigenvalue weighted by Gasteiger charge is 2.39. The van der Waals surface area contributed by atoms with E-state index in [1.807, 2.05) is 0 Å². The van der Waals surface area contributed by atoms with Crippen LogP contribution < -0.4 is 5.32 Å². The number of aromatic nitrogens is 1. The molecule has 2 heterocycles. The van der Waals surface area contributed by atoms with Gasteiger partial charge in [-0.15, -0.1) is 0 Å². The van der Waals surface area contributed by atoms with E-state index in [2.05, 4.69) is 10.3 Å². The van der Waals surface area contributed by atoms with Gasteiger partial charge in [-0.05, 0) is 37.8 Å². The Labute approximate surface area is 134 Å². The van der Waals surface area contributed by atoms with Gasteiger partial charge < -0.3 is 10.1 Å². The van der Waals surface area contributed by atoms with Crippen molar-refractivity contribution in [3.63, 3.8) is 0 Å². The summed E-state index contributed by atoms with van der Waals surface area (Å²) >= 11 is 0. The lowest BCUT2D eigenvalue weighted by atomic mass is 9.88. The van der Waals surface area contributed by atoms with Crippen molar-refractivity contribution < 1.29 is 13.5 Å². The van der Waals surface area contributed by atoms with Crippen LogP contribution in [0.15, 0.2) is 24.4 Å². The maximum atomic E-state index is 13.9. The number of rotatable bonds is 2. The van der Waals surface area contributed by atoms with Gasteiger partial charge in [0, 0.05) is 36.0 Å². The normalized spacial score (nSPS) is 23.5. The third-order valence-electron chi connectivity index (χ3n) is 5.13. The molecule has 5 heteroatoms. The molecule has 0 amide bonds. The van der Waals surface area contributed by atoms with Gasteiger partial charge in [0.2, 0.25) is 0 Å². The molecular weight excluding hydrogens is 298 g/mol. The maximum Gasteiger partial charge on any atom is 0.152 e. The first kappa shape index (κ1) is 14.8. The summed E-state index contributed by atoms with van der Waals surface area (Å²) in [6.45, 7) is 0.739. The predicted molar refractivity (Wildman–Crippen MR) is 85.5 cm³/mol. The van der Waals surface area contributed by atoms with Gasteiger partial charge in [0.05, 0.1) is 5.60 Å². The summed E-state index contributed by atoms with van der Waals surface area (Å²) in [4.78, 5) is 4.04. The fourth-order valence-electron chi connectivity index (χ4n) is 4.04. The molecule has 1 N–H and O–H groups in total. The number of nitrogens with zero attached hydrogens (tertiary/aromatic N) is 1. The fraction of sp³-hybridized carbons (Fsp3) is 0.500. The van der Waals surface area contributed by atoms with Crippen LogP contribution >= 0.6 is 0 Å². The van der Waals surface area contributed by atoms with E-state index < -0.39 is 11.6 Å². The third-order valence-corrected chi connectivity index (χ3v) is 5.13.